The molecule has 1 amide bonds. The third-order valence-corrected chi connectivity index (χ3v) is 6.01. The van der Waals surface area contributed by atoms with Crippen LogP contribution in [0.2, 0.25) is 0 Å². The fourth-order valence-corrected chi connectivity index (χ4v) is 3.52. The van der Waals surface area contributed by atoms with Crippen LogP contribution in [0.4, 0.5) is 5.69 Å². The number of nitrogens with one attached hydrogen (secondary N) is 1. The molecule has 0 aliphatic rings. The van der Waals surface area contributed by atoms with Gasteiger partial charge in [0.05, 0.1) is 11.4 Å². The number of anilines is 1. The number of carbonyl (C=O) groups excluding carboxylic acids is 1. The van der Waals surface area contributed by atoms with Gasteiger partial charge in [0.15, 0.2) is 0 Å². The molecule has 0 aromatic heterocycles. The van der Waals surface area contributed by atoms with Crippen molar-refractivity contribution in [2.75, 3.05) is 26.0 Å². The first-order valence-corrected chi connectivity index (χ1v) is 10.2. The van der Waals surface area contributed by atoms with Crippen LogP contribution in [0.3, 0.4) is 0 Å². The van der Waals surface area contributed by atoms with E-state index >= 15 is 0 Å². The molecule has 0 aliphatic carbocycles. The molecule has 0 saturated carbocycles. The Labute approximate surface area is 161 Å². The van der Waals surface area contributed by atoms with Gasteiger partial charge < -0.3 is 5.32 Å². The van der Waals surface area contributed by atoms with Crippen LogP contribution >= 0.6 is 0 Å². The maximum Gasteiger partial charge on any atom is 0.242 e. The molecule has 0 bridgehead atoms. The Bertz CT molecular complexity index is 865. The second kappa shape index (κ2) is 9.12. The summed E-state index contributed by atoms with van der Waals surface area (Å²) >= 11 is 0. The summed E-state index contributed by atoms with van der Waals surface area (Å²) in [4.78, 5) is 14.7. The Kier molecular flexibility index (Phi) is 7.12. The molecule has 0 saturated heterocycles. The summed E-state index contributed by atoms with van der Waals surface area (Å²) < 4.78 is 25.6. The lowest BCUT2D eigenvalue weighted by atomic mass is 10.2. The second-order valence-corrected chi connectivity index (χ2v) is 9.00. The van der Waals surface area contributed by atoms with Gasteiger partial charge in [-0.05, 0) is 37.6 Å². The van der Waals surface area contributed by atoms with Crippen molar-refractivity contribution in [2.24, 2.45) is 0 Å². The molecule has 0 aliphatic heterocycles. The Morgan fingerprint density at radius 3 is 2.30 bits per heavy atom. The predicted molar refractivity (Wildman–Crippen MR) is 108 cm³/mol. The SMILES string of the molecule is CC(C)N(CC(=O)Nc1cccc(S(=O)(=O)N(C)C)c1)Cc1ccccc1. The summed E-state index contributed by atoms with van der Waals surface area (Å²) in [5, 5.41) is 2.80. The quantitative estimate of drug-likeness (QED) is 0.754. The largest absolute Gasteiger partial charge is 0.325 e. The first-order valence-electron chi connectivity index (χ1n) is 8.80. The maximum absolute atomic E-state index is 12.5. The zero-order valence-electron chi connectivity index (χ0n) is 16.2. The summed E-state index contributed by atoms with van der Waals surface area (Å²) in [5.41, 5.74) is 1.60. The fraction of sp³-hybridized carbons (Fsp3) is 0.350. The molecular formula is C20H27N3O3S. The van der Waals surface area contributed by atoms with Gasteiger partial charge in [0.25, 0.3) is 0 Å². The minimum atomic E-state index is -3.54. The van der Waals surface area contributed by atoms with Gasteiger partial charge in [-0.3, -0.25) is 9.69 Å². The van der Waals surface area contributed by atoms with Crippen LogP contribution in [0.25, 0.3) is 0 Å². The average Bonchev–Trinajstić information content (AvgIpc) is 2.62. The Morgan fingerprint density at radius 1 is 1.04 bits per heavy atom. The Morgan fingerprint density at radius 2 is 1.70 bits per heavy atom. The van der Waals surface area contributed by atoms with Crippen LogP contribution in [0.1, 0.15) is 19.4 Å². The van der Waals surface area contributed by atoms with E-state index in [0.29, 0.717) is 12.2 Å². The number of hydrogen-bond donors (Lipinski definition) is 1. The predicted octanol–water partition coefficient (Wildman–Crippen LogP) is 2.79. The number of sulfonamides is 1. The third-order valence-electron chi connectivity index (χ3n) is 4.20. The van der Waals surface area contributed by atoms with Crippen molar-refractivity contribution in [3.63, 3.8) is 0 Å². The van der Waals surface area contributed by atoms with Gasteiger partial charge in [-0.2, -0.15) is 0 Å². The molecule has 0 fully saturated rings. The van der Waals surface area contributed by atoms with Gasteiger partial charge in [-0.1, -0.05) is 36.4 Å². The number of rotatable bonds is 8. The lowest BCUT2D eigenvalue weighted by molar-refractivity contribution is -0.117. The van der Waals surface area contributed by atoms with Crippen LogP contribution in [0, 0.1) is 0 Å². The van der Waals surface area contributed by atoms with Crippen molar-refractivity contribution in [1.82, 2.24) is 9.21 Å². The van der Waals surface area contributed by atoms with Gasteiger partial charge >= 0.3 is 0 Å². The summed E-state index contributed by atoms with van der Waals surface area (Å²) in [7, 11) is -0.587. The smallest absolute Gasteiger partial charge is 0.242 e. The third kappa shape index (κ3) is 5.89. The summed E-state index contributed by atoms with van der Waals surface area (Å²) in [6.07, 6.45) is 0. The van der Waals surface area contributed by atoms with E-state index in [1.807, 2.05) is 44.2 Å². The molecule has 6 nitrogen and oxygen atoms in total. The fourth-order valence-electron chi connectivity index (χ4n) is 2.57. The number of hydrogen-bond acceptors (Lipinski definition) is 4. The first-order chi connectivity index (χ1) is 12.7. The summed E-state index contributed by atoms with van der Waals surface area (Å²) in [6, 6.07) is 16.5. The number of amides is 1. The molecule has 7 heteroatoms. The molecule has 0 spiro atoms. The minimum absolute atomic E-state index is 0.148. The Balaban J connectivity index is 2.07. The zero-order valence-corrected chi connectivity index (χ0v) is 17.0. The monoisotopic (exact) mass is 389 g/mol. The summed E-state index contributed by atoms with van der Waals surface area (Å²) in [5.74, 6) is -0.181. The topological polar surface area (TPSA) is 69.7 Å². The van der Waals surface area contributed by atoms with Crippen molar-refractivity contribution in [2.45, 2.75) is 31.3 Å². The molecule has 146 valence electrons. The lowest BCUT2D eigenvalue weighted by Gasteiger charge is -2.26. The number of carbonyl (C=O) groups is 1. The van der Waals surface area contributed by atoms with E-state index in [1.54, 1.807) is 12.1 Å². The van der Waals surface area contributed by atoms with Crippen LogP contribution in [0.5, 0.6) is 0 Å². The van der Waals surface area contributed by atoms with E-state index in [4.69, 9.17) is 0 Å². The van der Waals surface area contributed by atoms with E-state index in [2.05, 4.69) is 10.2 Å². The van der Waals surface area contributed by atoms with E-state index in [9.17, 15) is 13.2 Å². The Hall–Kier alpha value is -2.22. The normalized spacial score (nSPS) is 12.0. The highest BCUT2D eigenvalue weighted by molar-refractivity contribution is 7.89. The van der Waals surface area contributed by atoms with Crippen LogP contribution in [-0.2, 0) is 21.4 Å². The molecule has 2 rings (SSSR count). The molecular weight excluding hydrogens is 362 g/mol. The molecule has 2 aromatic carbocycles. The molecule has 0 unspecified atom stereocenters. The second-order valence-electron chi connectivity index (χ2n) is 6.85. The van der Waals surface area contributed by atoms with Crippen LogP contribution in [0.15, 0.2) is 59.5 Å². The molecule has 0 heterocycles. The lowest BCUT2D eigenvalue weighted by Crippen LogP contribution is -2.37. The highest BCUT2D eigenvalue weighted by atomic mass is 32.2. The molecule has 0 atom stereocenters. The highest BCUT2D eigenvalue weighted by Crippen LogP contribution is 2.18. The zero-order chi connectivity index (χ0) is 20.0. The van der Waals surface area contributed by atoms with Gasteiger partial charge in [0.1, 0.15) is 0 Å². The number of benzene rings is 2. The number of nitrogens with zero attached hydrogens (tertiary/aromatic N) is 2. The van der Waals surface area contributed by atoms with Crippen molar-refractivity contribution < 1.29 is 13.2 Å². The van der Waals surface area contributed by atoms with Crippen LogP contribution in [-0.4, -0.2) is 50.2 Å². The van der Waals surface area contributed by atoms with Gasteiger partial charge in [0, 0.05) is 32.4 Å². The average molecular weight is 390 g/mol. The molecule has 2 aromatic rings. The van der Waals surface area contributed by atoms with Crippen molar-refractivity contribution >= 4 is 21.6 Å². The van der Waals surface area contributed by atoms with E-state index in [1.165, 1.54) is 26.2 Å². The minimum Gasteiger partial charge on any atom is -0.325 e. The van der Waals surface area contributed by atoms with Crippen molar-refractivity contribution in [3.8, 4) is 0 Å². The van der Waals surface area contributed by atoms with E-state index in [0.717, 1.165) is 9.87 Å². The van der Waals surface area contributed by atoms with Gasteiger partial charge in [-0.25, -0.2) is 12.7 Å². The molecule has 27 heavy (non-hydrogen) atoms. The van der Waals surface area contributed by atoms with Crippen molar-refractivity contribution in [3.05, 3.63) is 60.2 Å². The standard InChI is InChI=1S/C20H27N3O3S/c1-16(2)23(14-17-9-6-5-7-10-17)15-20(24)21-18-11-8-12-19(13-18)27(25,26)22(3)4/h5-13,16H,14-15H2,1-4H3,(H,21,24). The first kappa shape index (κ1) is 21.1. The molecule has 1 N–H and O–H groups in total. The van der Waals surface area contributed by atoms with E-state index < -0.39 is 10.0 Å². The summed E-state index contributed by atoms with van der Waals surface area (Å²) in [6.45, 7) is 4.97. The van der Waals surface area contributed by atoms with Crippen molar-refractivity contribution in [1.29, 1.82) is 0 Å². The van der Waals surface area contributed by atoms with Crippen LogP contribution < -0.4 is 5.32 Å². The van der Waals surface area contributed by atoms with Gasteiger partial charge in [0.2, 0.25) is 15.9 Å². The van der Waals surface area contributed by atoms with Gasteiger partial charge in [-0.15, -0.1) is 0 Å². The van der Waals surface area contributed by atoms with E-state index in [-0.39, 0.29) is 23.4 Å². The maximum atomic E-state index is 12.5. The highest BCUT2D eigenvalue weighted by Gasteiger charge is 2.18. The molecule has 0 radical (unpaired) electrons.